The van der Waals surface area contributed by atoms with Gasteiger partial charge in [0.15, 0.2) is 0 Å². The predicted octanol–water partition coefficient (Wildman–Crippen LogP) is 3.32. The Labute approximate surface area is 122 Å². The van der Waals surface area contributed by atoms with Crippen molar-refractivity contribution in [3.63, 3.8) is 0 Å². The standard InChI is InChI=1S/C14H20BrN3O/c1-10-4-3-7-18(9-10)14(19)17(2)13-6-5-11(15)8-12(13)16/h5-6,8,10H,3-4,7,9,16H2,1-2H3. The molecule has 0 spiro atoms. The fourth-order valence-electron chi connectivity index (χ4n) is 2.51. The van der Waals surface area contributed by atoms with Crippen molar-refractivity contribution in [1.82, 2.24) is 4.90 Å². The molecule has 5 heteroatoms. The number of likely N-dealkylation sites (tertiary alicyclic amines) is 1. The number of hydrogen-bond donors (Lipinski definition) is 1. The number of carbonyl (C=O) groups is 1. The second kappa shape index (κ2) is 5.82. The van der Waals surface area contributed by atoms with Gasteiger partial charge in [-0.15, -0.1) is 0 Å². The van der Waals surface area contributed by atoms with E-state index in [0.29, 0.717) is 11.6 Å². The van der Waals surface area contributed by atoms with Crippen LogP contribution in [0.1, 0.15) is 19.8 Å². The quantitative estimate of drug-likeness (QED) is 0.805. The van der Waals surface area contributed by atoms with Crippen LogP contribution in [0.2, 0.25) is 0 Å². The molecule has 1 saturated heterocycles. The highest BCUT2D eigenvalue weighted by Gasteiger charge is 2.24. The van der Waals surface area contributed by atoms with Crippen molar-refractivity contribution < 1.29 is 4.79 Å². The summed E-state index contributed by atoms with van der Waals surface area (Å²) in [5, 5.41) is 0. The summed E-state index contributed by atoms with van der Waals surface area (Å²) >= 11 is 3.37. The second-order valence-electron chi connectivity index (χ2n) is 5.24. The van der Waals surface area contributed by atoms with Gasteiger partial charge in [-0.3, -0.25) is 4.90 Å². The van der Waals surface area contributed by atoms with Gasteiger partial charge in [-0.2, -0.15) is 0 Å². The Balaban J connectivity index is 2.14. The molecule has 2 amide bonds. The molecule has 104 valence electrons. The zero-order chi connectivity index (χ0) is 14.0. The third-order valence-corrected chi connectivity index (χ3v) is 4.06. The minimum atomic E-state index is 0.0283. The van der Waals surface area contributed by atoms with Crippen LogP contribution in [0.4, 0.5) is 16.2 Å². The molecule has 0 saturated carbocycles. The third-order valence-electron chi connectivity index (χ3n) is 3.57. The number of carbonyl (C=O) groups excluding carboxylic acids is 1. The smallest absolute Gasteiger partial charge is 0.324 e. The Bertz CT molecular complexity index is 478. The number of urea groups is 1. The van der Waals surface area contributed by atoms with Gasteiger partial charge in [0.2, 0.25) is 0 Å². The van der Waals surface area contributed by atoms with E-state index in [9.17, 15) is 4.79 Å². The number of amides is 2. The van der Waals surface area contributed by atoms with E-state index < -0.39 is 0 Å². The lowest BCUT2D eigenvalue weighted by Gasteiger charge is -2.34. The van der Waals surface area contributed by atoms with E-state index in [4.69, 9.17) is 5.73 Å². The van der Waals surface area contributed by atoms with Crippen molar-refractivity contribution in [1.29, 1.82) is 0 Å². The Morgan fingerprint density at radius 2 is 2.26 bits per heavy atom. The summed E-state index contributed by atoms with van der Waals surface area (Å²) < 4.78 is 0.918. The zero-order valence-electron chi connectivity index (χ0n) is 11.4. The van der Waals surface area contributed by atoms with Crippen LogP contribution in [0.25, 0.3) is 0 Å². The molecule has 0 aliphatic carbocycles. The molecule has 1 atom stereocenters. The average molecular weight is 326 g/mol. The lowest BCUT2D eigenvalue weighted by Crippen LogP contribution is -2.46. The molecule has 1 heterocycles. The van der Waals surface area contributed by atoms with Crippen LogP contribution < -0.4 is 10.6 Å². The van der Waals surface area contributed by atoms with Crippen LogP contribution in [-0.2, 0) is 0 Å². The Morgan fingerprint density at radius 3 is 2.89 bits per heavy atom. The molecular weight excluding hydrogens is 306 g/mol. The lowest BCUT2D eigenvalue weighted by molar-refractivity contribution is 0.177. The van der Waals surface area contributed by atoms with E-state index in [1.165, 1.54) is 6.42 Å². The van der Waals surface area contributed by atoms with Crippen molar-refractivity contribution in [2.24, 2.45) is 5.92 Å². The van der Waals surface area contributed by atoms with Crippen LogP contribution in [-0.4, -0.2) is 31.1 Å². The number of hydrogen-bond acceptors (Lipinski definition) is 2. The van der Waals surface area contributed by atoms with E-state index in [-0.39, 0.29) is 6.03 Å². The number of halogens is 1. The number of nitrogens with two attached hydrogens (primary N) is 1. The number of nitrogens with zero attached hydrogens (tertiary/aromatic N) is 2. The first-order valence-corrected chi connectivity index (χ1v) is 7.36. The molecule has 0 radical (unpaired) electrons. The molecule has 19 heavy (non-hydrogen) atoms. The summed E-state index contributed by atoms with van der Waals surface area (Å²) in [6, 6.07) is 5.61. The average Bonchev–Trinajstić information content (AvgIpc) is 2.37. The summed E-state index contributed by atoms with van der Waals surface area (Å²) in [5.41, 5.74) is 7.34. The fourth-order valence-corrected chi connectivity index (χ4v) is 2.89. The Morgan fingerprint density at radius 1 is 1.53 bits per heavy atom. The fraction of sp³-hybridized carbons (Fsp3) is 0.500. The first-order valence-electron chi connectivity index (χ1n) is 6.56. The number of nitrogen functional groups attached to an aromatic ring is 1. The van der Waals surface area contributed by atoms with Gasteiger partial charge in [0.25, 0.3) is 0 Å². The Hall–Kier alpha value is -1.23. The van der Waals surface area contributed by atoms with Gasteiger partial charge in [0.1, 0.15) is 0 Å². The minimum absolute atomic E-state index is 0.0283. The molecule has 1 aromatic carbocycles. The van der Waals surface area contributed by atoms with E-state index in [0.717, 1.165) is 29.7 Å². The van der Waals surface area contributed by atoms with Crippen LogP contribution >= 0.6 is 15.9 Å². The largest absolute Gasteiger partial charge is 0.397 e. The van der Waals surface area contributed by atoms with Gasteiger partial charge < -0.3 is 10.6 Å². The van der Waals surface area contributed by atoms with Gasteiger partial charge in [0, 0.05) is 24.6 Å². The molecule has 2 N–H and O–H groups in total. The number of piperidine rings is 1. The monoisotopic (exact) mass is 325 g/mol. The van der Waals surface area contributed by atoms with Gasteiger partial charge in [0.05, 0.1) is 11.4 Å². The molecule has 1 aliphatic heterocycles. The predicted molar refractivity (Wildman–Crippen MR) is 82.3 cm³/mol. The van der Waals surface area contributed by atoms with Gasteiger partial charge >= 0.3 is 6.03 Å². The topological polar surface area (TPSA) is 49.6 Å². The molecule has 1 aliphatic rings. The minimum Gasteiger partial charge on any atom is -0.397 e. The van der Waals surface area contributed by atoms with Gasteiger partial charge in [-0.1, -0.05) is 22.9 Å². The van der Waals surface area contributed by atoms with Crippen LogP contribution in [0.5, 0.6) is 0 Å². The van der Waals surface area contributed by atoms with Crippen LogP contribution in [0, 0.1) is 5.92 Å². The maximum Gasteiger partial charge on any atom is 0.324 e. The van der Waals surface area contributed by atoms with Crippen molar-refractivity contribution in [3.05, 3.63) is 22.7 Å². The summed E-state index contributed by atoms with van der Waals surface area (Å²) in [4.78, 5) is 16.0. The SMILES string of the molecule is CC1CCCN(C(=O)N(C)c2ccc(Br)cc2N)C1. The molecule has 1 aromatic rings. The van der Waals surface area contributed by atoms with Crippen LogP contribution in [0.15, 0.2) is 22.7 Å². The molecule has 1 fully saturated rings. The van der Waals surface area contributed by atoms with Crippen molar-refractivity contribution >= 4 is 33.3 Å². The maximum atomic E-state index is 12.5. The summed E-state index contributed by atoms with van der Waals surface area (Å²) in [5.74, 6) is 0.577. The number of anilines is 2. The van der Waals surface area contributed by atoms with E-state index in [2.05, 4.69) is 22.9 Å². The van der Waals surface area contributed by atoms with Gasteiger partial charge in [-0.05, 0) is 37.0 Å². The Kier molecular flexibility index (Phi) is 4.34. The van der Waals surface area contributed by atoms with Crippen molar-refractivity contribution in [2.75, 3.05) is 30.8 Å². The van der Waals surface area contributed by atoms with E-state index >= 15 is 0 Å². The summed E-state index contributed by atoms with van der Waals surface area (Å²) in [6.07, 6.45) is 2.28. The molecular formula is C14H20BrN3O. The molecule has 2 rings (SSSR count). The first-order chi connectivity index (χ1) is 8.99. The lowest BCUT2D eigenvalue weighted by atomic mass is 10.0. The highest BCUT2D eigenvalue weighted by Crippen LogP contribution is 2.27. The molecule has 0 aromatic heterocycles. The summed E-state index contributed by atoms with van der Waals surface area (Å²) in [6.45, 7) is 3.86. The maximum absolute atomic E-state index is 12.5. The molecule has 0 bridgehead atoms. The highest BCUT2D eigenvalue weighted by molar-refractivity contribution is 9.10. The zero-order valence-corrected chi connectivity index (χ0v) is 13.0. The number of rotatable bonds is 1. The normalized spacial score (nSPS) is 19.3. The van der Waals surface area contributed by atoms with E-state index in [1.807, 2.05) is 23.1 Å². The van der Waals surface area contributed by atoms with Gasteiger partial charge in [-0.25, -0.2) is 4.79 Å². The second-order valence-corrected chi connectivity index (χ2v) is 6.15. The first kappa shape index (κ1) is 14.2. The third kappa shape index (κ3) is 3.21. The van der Waals surface area contributed by atoms with Crippen molar-refractivity contribution in [2.45, 2.75) is 19.8 Å². The molecule has 1 unspecified atom stereocenters. The summed E-state index contributed by atoms with van der Waals surface area (Å²) in [7, 11) is 1.78. The van der Waals surface area contributed by atoms with Crippen LogP contribution in [0.3, 0.4) is 0 Å². The van der Waals surface area contributed by atoms with Crippen molar-refractivity contribution in [3.8, 4) is 0 Å². The molecule has 4 nitrogen and oxygen atoms in total. The van der Waals surface area contributed by atoms with E-state index in [1.54, 1.807) is 11.9 Å². The number of benzene rings is 1. The highest BCUT2D eigenvalue weighted by atomic mass is 79.9.